The number of ketones is 1. The summed E-state index contributed by atoms with van der Waals surface area (Å²) in [5.74, 6) is 2.33. The van der Waals surface area contributed by atoms with Crippen LogP contribution in [-0.4, -0.2) is 26.7 Å². The summed E-state index contributed by atoms with van der Waals surface area (Å²) in [5, 5.41) is 8.35. The standard InChI is InChI=1S/C19H18ClN3O2S/c20-15-8-10-16(11-9-15)25-13-18-21-19(23-22-18)26-12-4-7-17(24)14-5-2-1-3-6-14/h1-3,5-6,8-11H,4,7,12-13H2,(H,21,22,23). The van der Waals surface area contributed by atoms with Gasteiger partial charge in [0.15, 0.2) is 11.6 Å². The van der Waals surface area contributed by atoms with Crippen LogP contribution in [0.1, 0.15) is 29.0 Å². The average Bonchev–Trinajstić information content (AvgIpc) is 3.13. The lowest BCUT2D eigenvalue weighted by molar-refractivity contribution is 0.0982. The first-order valence-corrected chi connectivity index (χ1v) is 9.58. The third-order valence-electron chi connectivity index (χ3n) is 3.58. The molecule has 0 spiro atoms. The smallest absolute Gasteiger partial charge is 0.208 e. The zero-order chi connectivity index (χ0) is 18.2. The number of ether oxygens (including phenoxy) is 1. The van der Waals surface area contributed by atoms with Crippen molar-refractivity contribution in [1.29, 1.82) is 0 Å². The molecule has 0 amide bonds. The Morgan fingerprint density at radius 3 is 2.65 bits per heavy atom. The van der Waals surface area contributed by atoms with Gasteiger partial charge in [0.05, 0.1) is 0 Å². The van der Waals surface area contributed by atoms with E-state index in [0.717, 1.165) is 23.5 Å². The number of nitrogens with one attached hydrogen (secondary N) is 1. The Labute approximate surface area is 161 Å². The molecule has 5 nitrogen and oxygen atoms in total. The number of Topliss-reactive ketones (excluding diaryl/α,β-unsaturated/α-hetero) is 1. The summed E-state index contributed by atoms with van der Waals surface area (Å²) in [6, 6.07) is 16.5. The van der Waals surface area contributed by atoms with Crippen molar-refractivity contribution in [2.75, 3.05) is 5.75 Å². The molecule has 0 unspecified atom stereocenters. The van der Waals surface area contributed by atoms with Crippen LogP contribution >= 0.6 is 23.4 Å². The Morgan fingerprint density at radius 1 is 1.12 bits per heavy atom. The van der Waals surface area contributed by atoms with Crippen LogP contribution in [0.3, 0.4) is 0 Å². The molecule has 0 radical (unpaired) electrons. The number of benzene rings is 2. The van der Waals surface area contributed by atoms with Gasteiger partial charge in [-0.15, -0.1) is 5.10 Å². The van der Waals surface area contributed by atoms with E-state index in [1.807, 2.05) is 30.3 Å². The van der Waals surface area contributed by atoms with Crippen molar-refractivity contribution < 1.29 is 9.53 Å². The van der Waals surface area contributed by atoms with Gasteiger partial charge in [0, 0.05) is 22.8 Å². The zero-order valence-corrected chi connectivity index (χ0v) is 15.6. The van der Waals surface area contributed by atoms with E-state index in [-0.39, 0.29) is 5.78 Å². The van der Waals surface area contributed by atoms with Crippen molar-refractivity contribution in [3.05, 3.63) is 71.0 Å². The molecule has 3 rings (SSSR count). The summed E-state index contributed by atoms with van der Waals surface area (Å²) < 4.78 is 5.62. The molecule has 134 valence electrons. The summed E-state index contributed by atoms with van der Waals surface area (Å²) in [7, 11) is 0. The van der Waals surface area contributed by atoms with Gasteiger partial charge in [0.1, 0.15) is 12.4 Å². The van der Waals surface area contributed by atoms with Crippen molar-refractivity contribution in [3.8, 4) is 5.75 Å². The first-order valence-electron chi connectivity index (χ1n) is 8.21. The van der Waals surface area contributed by atoms with E-state index in [9.17, 15) is 4.79 Å². The lowest BCUT2D eigenvalue weighted by Crippen LogP contribution is -1.99. The molecule has 3 aromatic rings. The maximum Gasteiger partial charge on any atom is 0.208 e. The molecule has 2 aromatic carbocycles. The number of H-pyrrole nitrogens is 1. The van der Waals surface area contributed by atoms with Crippen molar-refractivity contribution >= 4 is 29.1 Å². The van der Waals surface area contributed by atoms with Crippen LogP contribution in [0.25, 0.3) is 0 Å². The first-order chi connectivity index (χ1) is 12.7. The second-order valence-electron chi connectivity index (χ2n) is 5.55. The topological polar surface area (TPSA) is 67.9 Å². The second kappa shape index (κ2) is 9.40. The molecule has 0 atom stereocenters. The lowest BCUT2D eigenvalue weighted by Gasteiger charge is -2.03. The molecule has 1 aromatic heterocycles. The SMILES string of the molecule is O=C(CCCSc1n[nH]c(COc2ccc(Cl)cc2)n1)c1ccccc1. The van der Waals surface area contributed by atoms with Gasteiger partial charge in [-0.05, 0) is 30.7 Å². The highest BCUT2D eigenvalue weighted by Gasteiger charge is 2.07. The molecule has 7 heteroatoms. The Morgan fingerprint density at radius 2 is 1.88 bits per heavy atom. The molecule has 0 bridgehead atoms. The molecular weight excluding hydrogens is 370 g/mol. The van der Waals surface area contributed by atoms with Crippen molar-refractivity contribution in [1.82, 2.24) is 15.2 Å². The second-order valence-corrected chi connectivity index (χ2v) is 7.05. The van der Waals surface area contributed by atoms with Gasteiger partial charge in [0.2, 0.25) is 5.16 Å². The van der Waals surface area contributed by atoms with E-state index in [0.29, 0.717) is 29.0 Å². The summed E-state index contributed by atoms with van der Waals surface area (Å²) in [6.45, 7) is 0.307. The maximum absolute atomic E-state index is 12.0. The summed E-state index contributed by atoms with van der Waals surface area (Å²) in [6.07, 6.45) is 1.30. The molecule has 1 heterocycles. The number of carbonyl (C=O) groups is 1. The number of rotatable bonds is 9. The molecule has 0 fully saturated rings. The molecule has 0 saturated heterocycles. The van der Waals surface area contributed by atoms with Crippen LogP contribution in [0.2, 0.25) is 5.02 Å². The van der Waals surface area contributed by atoms with E-state index in [1.165, 1.54) is 11.8 Å². The Hall–Kier alpha value is -2.31. The highest BCUT2D eigenvalue weighted by atomic mass is 35.5. The fraction of sp³-hybridized carbons (Fsp3) is 0.211. The minimum Gasteiger partial charge on any atom is -0.486 e. The first kappa shape index (κ1) is 18.5. The van der Waals surface area contributed by atoms with Gasteiger partial charge in [-0.1, -0.05) is 53.7 Å². The number of aromatic amines is 1. The van der Waals surface area contributed by atoms with Gasteiger partial charge >= 0.3 is 0 Å². The van der Waals surface area contributed by atoms with Gasteiger partial charge in [-0.3, -0.25) is 9.89 Å². The largest absolute Gasteiger partial charge is 0.486 e. The molecule has 0 aliphatic rings. The molecule has 26 heavy (non-hydrogen) atoms. The number of nitrogens with zero attached hydrogens (tertiary/aromatic N) is 2. The van der Waals surface area contributed by atoms with Gasteiger partial charge in [0.25, 0.3) is 0 Å². The number of carbonyl (C=O) groups excluding carboxylic acids is 1. The molecule has 0 aliphatic carbocycles. The van der Waals surface area contributed by atoms with Crippen LogP contribution in [-0.2, 0) is 6.61 Å². The van der Waals surface area contributed by atoms with Gasteiger partial charge < -0.3 is 4.74 Å². The van der Waals surface area contributed by atoms with Crippen LogP contribution in [0.4, 0.5) is 0 Å². The van der Waals surface area contributed by atoms with Crippen molar-refractivity contribution in [3.63, 3.8) is 0 Å². The maximum atomic E-state index is 12.0. The van der Waals surface area contributed by atoms with E-state index in [4.69, 9.17) is 16.3 Å². The Balaban J connectivity index is 1.38. The summed E-state index contributed by atoms with van der Waals surface area (Å²) >= 11 is 7.36. The van der Waals surface area contributed by atoms with Crippen molar-refractivity contribution in [2.45, 2.75) is 24.6 Å². The number of halogens is 1. The number of hydrogen-bond acceptors (Lipinski definition) is 5. The predicted molar refractivity (Wildman–Crippen MR) is 103 cm³/mol. The number of aromatic nitrogens is 3. The number of thioether (sulfide) groups is 1. The van der Waals surface area contributed by atoms with Crippen LogP contribution < -0.4 is 4.74 Å². The van der Waals surface area contributed by atoms with Crippen LogP contribution in [0.5, 0.6) is 5.75 Å². The highest BCUT2D eigenvalue weighted by molar-refractivity contribution is 7.99. The monoisotopic (exact) mass is 387 g/mol. The summed E-state index contributed by atoms with van der Waals surface area (Å²) in [4.78, 5) is 16.4. The third kappa shape index (κ3) is 5.61. The van der Waals surface area contributed by atoms with Gasteiger partial charge in [-0.2, -0.15) is 0 Å². The zero-order valence-electron chi connectivity index (χ0n) is 14.0. The van der Waals surface area contributed by atoms with Crippen LogP contribution in [0.15, 0.2) is 59.8 Å². The quantitative estimate of drug-likeness (QED) is 0.324. The summed E-state index contributed by atoms with van der Waals surface area (Å²) in [5.41, 5.74) is 0.761. The molecular formula is C19H18ClN3O2S. The Bertz CT molecular complexity index is 838. The van der Waals surface area contributed by atoms with E-state index in [1.54, 1.807) is 24.3 Å². The van der Waals surface area contributed by atoms with E-state index >= 15 is 0 Å². The van der Waals surface area contributed by atoms with Crippen molar-refractivity contribution in [2.24, 2.45) is 0 Å². The lowest BCUT2D eigenvalue weighted by atomic mass is 10.1. The van der Waals surface area contributed by atoms with Crippen LogP contribution in [0, 0.1) is 0 Å². The molecule has 0 saturated carbocycles. The third-order valence-corrected chi connectivity index (χ3v) is 4.76. The van der Waals surface area contributed by atoms with E-state index in [2.05, 4.69) is 15.2 Å². The Kier molecular flexibility index (Phi) is 6.68. The molecule has 1 N–H and O–H groups in total. The minimum atomic E-state index is 0.165. The predicted octanol–water partition coefficient (Wildman–Crippen LogP) is 4.79. The van der Waals surface area contributed by atoms with E-state index < -0.39 is 0 Å². The number of hydrogen-bond donors (Lipinski definition) is 1. The fourth-order valence-corrected chi connectivity index (χ4v) is 3.14. The average molecular weight is 388 g/mol. The fourth-order valence-electron chi connectivity index (χ4n) is 2.25. The highest BCUT2D eigenvalue weighted by Crippen LogP contribution is 2.18. The van der Waals surface area contributed by atoms with Gasteiger partial charge in [-0.25, -0.2) is 4.98 Å². The molecule has 0 aliphatic heterocycles. The minimum absolute atomic E-state index is 0.165. The normalized spacial score (nSPS) is 10.7.